The number of hydrogen-bond donors (Lipinski definition) is 3. The maximum Gasteiger partial charge on any atom is 0.326 e. The van der Waals surface area contributed by atoms with Crippen LogP contribution in [0.4, 0.5) is 0 Å². The predicted octanol–water partition coefficient (Wildman–Crippen LogP) is 3.84. The number of nitrogens with one attached hydrogen (secondary N) is 2. The van der Waals surface area contributed by atoms with Gasteiger partial charge in [-0.05, 0) is 48.1 Å². The van der Waals surface area contributed by atoms with Crippen LogP contribution in [0.25, 0.3) is 0 Å². The lowest BCUT2D eigenvalue weighted by Gasteiger charge is -2.27. The molecule has 1 aromatic carbocycles. The van der Waals surface area contributed by atoms with Crippen LogP contribution in [-0.4, -0.2) is 51.8 Å². The second kappa shape index (κ2) is 13.4. The molecule has 0 radical (unpaired) electrons. The van der Waals surface area contributed by atoms with Crippen molar-refractivity contribution in [1.29, 1.82) is 0 Å². The van der Waals surface area contributed by atoms with Gasteiger partial charge in [0.2, 0.25) is 17.7 Å². The van der Waals surface area contributed by atoms with Crippen LogP contribution < -0.4 is 10.6 Å². The fourth-order valence-corrected chi connectivity index (χ4v) is 4.56. The molecule has 0 aliphatic carbocycles. The molecule has 3 atom stereocenters. The number of hydrogen-bond acceptors (Lipinski definition) is 4. The zero-order chi connectivity index (χ0) is 27.0. The number of carboxylic acids is 1. The van der Waals surface area contributed by atoms with Crippen molar-refractivity contribution in [2.45, 2.75) is 104 Å². The summed E-state index contributed by atoms with van der Waals surface area (Å²) >= 11 is 0. The molecule has 1 aliphatic rings. The minimum atomic E-state index is -1.09. The summed E-state index contributed by atoms with van der Waals surface area (Å²) in [5.41, 5.74) is 2.25. The first kappa shape index (κ1) is 29.3. The minimum absolute atomic E-state index is 0.0233. The van der Waals surface area contributed by atoms with E-state index in [0.29, 0.717) is 38.1 Å². The lowest BCUT2D eigenvalue weighted by Crippen LogP contribution is -2.52. The average Bonchev–Trinajstić information content (AvgIpc) is 3.11. The van der Waals surface area contributed by atoms with Gasteiger partial charge >= 0.3 is 5.97 Å². The molecule has 36 heavy (non-hydrogen) atoms. The Kier molecular flexibility index (Phi) is 10.9. The molecule has 1 aromatic rings. The summed E-state index contributed by atoms with van der Waals surface area (Å²) in [5, 5.41) is 14.9. The summed E-state index contributed by atoms with van der Waals surface area (Å²) in [4.78, 5) is 51.8. The first-order valence-corrected chi connectivity index (χ1v) is 13.1. The van der Waals surface area contributed by atoms with E-state index in [1.54, 1.807) is 4.90 Å². The van der Waals surface area contributed by atoms with Gasteiger partial charge in [-0.2, -0.15) is 0 Å². The minimum Gasteiger partial charge on any atom is -0.480 e. The van der Waals surface area contributed by atoms with Crippen LogP contribution in [-0.2, 0) is 25.7 Å². The molecule has 0 saturated carbocycles. The maximum absolute atomic E-state index is 13.0. The summed E-state index contributed by atoms with van der Waals surface area (Å²) < 4.78 is 0. The number of nitrogens with zero attached hydrogens (tertiary/aromatic N) is 1. The zero-order valence-corrected chi connectivity index (χ0v) is 22.5. The first-order valence-electron chi connectivity index (χ1n) is 13.1. The van der Waals surface area contributed by atoms with Crippen LogP contribution in [0.2, 0.25) is 0 Å². The Balaban J connectivity index is 2.04. The van der Waals surface area contributed by atoms with Gasteiger partial charge in [0, 0.05) is 25.4 Å². The highest BCUT2D eigenvalue weighted by Crippen LogP contribution is 2.25. The third-order valence-electron chi connectivity index (χ3n) is 6.55. The molecule has 0 spiro atoms. The molecular weight excluding hydrogens is 458 g/mol. The molecule has 2 rings (SSSR count). The van der Waals surface area contributed by atoms with Crippen molar-refractivity contribution >= 4 is 23.7 Å². The SMILES string of the molecule is CC(C)C[C@H](NC(=O)[C@H](CC(C)C)NC(=O)CC1CCC(=O)N1Cc1ccc(C(C)C)cc1)C(=O)O. The van der Waals surface area contributed by atoms with Gasteiger partial charge in [-0.1, -0.05) is 65.8 Å². The number of benzene rings is 1. The van der Waals surface area contributed by atoms with Crippen LogP contribution in [0, 0.1) is 11.8 Å². The number of likely N-dealkylation sites (tertiary alicyclic amines) is 1. The van der Waals surface area contributed by atoms with Crippen LogP contribution in [0.15, 0.2) is 24.3 Å². The van der Waals surface area contributed by atoms with E-state index in [1.807, 2.05) is 39.8 Å². The summed E-state index contributed by atoms with van der Waals surface area (Å²) in [6.45, 7) is 12.4. The number of rotatable bonds is 13. The highest BCUT2D eigenvalue weighted by atomic mass is 16.4. The second-order valence-electron chi connectivity index (χ2n) is 11.1. The van der Waals surface area contributed by atoms with E-state index < -0.39 is 24.0 Å². The molecule has 0 bridgehead atoms. The number of carbonyl (C=O) groups is 4. The lowest BCUT2D eigenvalue weighted by atomic mass is 10.00. The maximum atomic E-state index is 13.0. The molecule has 1 saturated heterocycles. The van der Waals surface area contributed by atoms with Crippen LogP contribution in [0.5, 0.6) is 0 Å². The number of amides is 3. The van der Waals surface area contributed by atoms with Gasteiger partial charge < -0.3 is 20.6 Å². The number of carbonyl (C=O) groups excluding carboxylic acids is 3. The largest absolute Gasteiger partial charge is 0.480 e. The van der Waals surface area contributed by atoms with Crippen molar-refractivity contribution in [2.24, 2.45) is 11.8 Å². The van der Waals surface area contributed by atoms with E-state index in [0.717, 1.165) is 5.56 Å². The molecule has 8 nitrogen and oxygen atoms in total. The molecule has 1 aliphatic heterocycles. The molecule has 0 aromatic heterocycles. The van der Waals surface area contributed by atoms with Crippen molar-refractivity contribution in [3.05, 3.63) is 35.4 Å². The van der Waals surface area contributed by atoms with Crippen molar-refractivity contribution in [2.75, 3.05) is 0 Å². The molecule has 200 valence electrons. The zero-order valence-electron chi connectivity index (χ0n) is 22.5. The Morgan fingerprint density at radius 1 is 0.944 bits per heavy atom. The molecule has 8 heteroatoms. The van der Waals surface area contributed by atoms with Gasteiger partial charge in [0.25, 0.3) is 0 Å². The Hall–Kier alpha value is -2.90. The van der Waals surface area contributed by atoms with Crippen molar-refractivity contribution in [1.82, 2.24) is 15.5 Å². The Bertz CT molecular complexity index is 910. The summed E-state index contributed by atoms with van der Waals surface area (Å²) in [6, 6.07) is 6.11. The van der Waals surface area contributed by atoms with Gasteiger partial charge in [-0.3, -0.25) is 14.4 Å². The van der Waals surface area contributed by atoms with Gasteiger partial charge in [-0.15, -0.1) is 0 Å². The molecule has 1 fully saturated rings. The monoisotopic (exact) mass is 501 g/mol. The van der Waals surface area contributed by atoms with E-state index in [1.165, 1.54) is 5.56 Å². The van der Waals surface area contributed by atoms with Crippen molar-refractivity contribution in [3.8, 4) is 0 Å². The van der Waals surface area contributed by atoms with E-state index >= 15 is 0 Å². The van der Waals surface area contributed by atoms with E-state index in [4.69, 9.17) is 0 Å². The third kappa shape index (κ3) is 8.95. The topological polar surface area (TPSA) is 116 Å². The lowest BCUT2D eigenvalue weighted by molar-refractivity contribution is -0.142. The van der Waals surface area contributed by atoms with Gasteiger partial charge in [0.15, 0.2) is 0 Å². The quantitative estimate of drug-likeness (QED) is 0.380. The number of aliphatic carboxylic acids is 1. The Morgan fingerprint density at radius 2 is 1.53 bits per heavy atom. The molecular formula is C28H43N3O5. The highest BCUT2D eigenvalue weighted by Gasteiger charge is 2.34. The van der Waals surface area contributed by atoms with Crippen molar-refractivity contribution < 1.29 is 24.3 Å². The van der Waals surface area contributed by atoms with Crippen molar-refractivity contribution in [3.63, 3.8) is 0 Å². The van der Waals surface area contributed by atoms with E-state index in [-0.39, 0.29) is 36.1 Å². The smallest absolute Gasteiger partial charge is 0.326 e. The molecule has 3 N–H and O–H groups in total. The fourth-order valence-electron chi connectivity index (χ4n) is 4.56. The fraction of sp³-hybridized carbons (Fsp3) is 0.643. The second-order valence-corrected chi connectivity index (χ2v) is 11.1. The van der Waals surface area contributed by atoms with E-state index in [2.05, 4.69) is 36.6 Å². The molecule has 1 heterocycles. The van der Waals surface area contributed by atoms with Crippen LogP contribution >= 0.6 is 0 Å². The predicted molar refractivity (Wildman–Crippen MR) is 139 cm³/mol. The highest BCUT2D eigenvalue weighted by molar-refractivity contribution is 5.91. The first-order chi connectivity index (χ1) is 16.9. The van der Waals surface area contributed by atoms with E-state index in [9.17, 15) is 24.3 Å². The van der Waals surface area contributed by atoms with Gasteiger partial charge in [0.1, 0.15) is 12.1 Å². The molecule has 3 amide bonds. The summed E-state index contributed by atoms with van der Waals surface area (Å²) in [5.74, 6) is -1.23. The van der Waals surface area contributed by atoms with Crippen LogP contribution in [0.3, 0.4) is 0 Å². The average molecular weight is 502 g/mol. The van der Waals surface area contributed by atoms with Gasteiger partial charge in [-0.25, -0.2) is 4.79 Å². The summed E-state index contributed by atoms with van der Waals surface area (Å²) in [7, 11) is 0. The Morgan fingerprint density at radius 3 is 2.06 bits per heavy atom. The normalized spacial score (nSPS) is 17.5. The summed E-state index contributed by atoms with van der Waals surface area (Å²) in [6.07, 6.45) is 1.79. The standard InChI is InChI=1S/C28H43N3O5/c1-17(2)13-23(27(34)30-24(28(35)36)14-18(3)4)29-25(32)15-22-11-12-26(33)31(22)16-20-7-9-21(10-8-20)19(5)6/h7-10,17-19,22-24H,11-16H2,1-6H3,(H,29,32)(H,30,34)(H,35,36)/t22?,23-,24-/m0/s1. The van der Waals surface area contributed by atoms with Crippen LogP contribution in [0.1, 0.15) is 90.7 Å². The Labute approximate surface area is 215 Å². The third-order valence-corrected chi connectivity index (χ3v) is 6.55. The van der Waals surface area contributed by atoms with Gasteiger partial charge in [0.05, 0.1) is 0 Å². The molecule has 1 unspecified atom stereocenters. The number of carboxylic acid groups (broad SMARTS) is 1.